The van der Waals surface area contributed by atoms with Crippen molar-refractivity contribution in [3.63, 3.8) is 0 Å². The van der Waals surface area contributed by atoms with Gasteiger partial charge in [0.15, 0.2) is 0 Å². The number of rotatable bonds is 3. The zero-order chi connectivity index (χ0) is 13.9. The van der Waals surface area contributed by atoms with Gasteiger partial charge in [-0.1, -0.05) is 43.3 Å². The van der Waals surface area contributed by atoms with E-state index in [9.17, 15) is 0 Å². The Bertz CT molecular complexity index is 587. The van der Waals surface area contributed by atoms with Crippen molar-refractivity contribution in [2.45, 2.75) is 32.9 Å². The van der Waals surface area contributed by atoms with Gasteiger partial charge >= 0.3 is 0 Å². The van der Waals surface area contributed by atoms with Crippen LogP contribution in [-0.4, -0.2) is 11.4 Å². The van der Waals surface area contributed by atoms with Gasteiger partial charge < -0.3 is 5.73 Å². The van der Waals surface area contributed by atoms with Crippen LogP contribution in [-0.2, 0) is 25.9 Å². The summed E-state index contributed by atoms with van der Waals surface area (Å²) >= 11 is 0. The molecule has 1 aliphatic rings. The first kappa shape index (κ1) is 13.2. The summed E-state index contributed by atoms with van der Waals surface area (Å²) in [5.41, 5.74) is 12.6. The quantitative estimate of drug-likeness (QED) is 0.863. The summed E-state index contributed by atoms with van der Waals surface area (Å²) in [7, 11) is 0. The molecule has 0 saturated carbocycles. The van der Waals surface area contributed by atoms with Crippen LogP contribution in [0, 0.1) is 0 Å². The van der Waals surface area contributed by atoms with E-state index in [0.717, 1.165) is 38.2 Å². The number of hydrogen-bond donors (Lipinski definition) is 1. The first-order chi connectivity index (χ1) is 9.76. The average molecular weight is 266 g/mol. The molecule has 2 N–H and O–H groups in total. The highest BCUT2D eigenvalue weighted by Gasteiger charge is 2.17. The van der Waals surface area contributed by atoms with E-state index < -0.39 is 0 Å². The van der Waals surface area contributed by atoms with Crippen molar-refractivity contribution in [2.24, 2.45) is 0 Å². The Morgan fingerprint density at radius 3 is 2.55 bits per heavy atom. The molecule has 0 atom stereocenters. The lowest BCUT2D eigenvalue weighted by Crippen LogP contribution is -2.30. The summed E-state index contributed by atoms with van der Waals surface area (Å²) in [5.74, 6) is 0. The van der Waals surface area contributed by atoms with E-state index in [2.05, 4.69) is 48.2 Å². The van der Waals surface area contributed by atoms with Crippen LogP contribution in [0.1, 0.15) is 29.2 Å². The van der Waals surface area contributed by atoms with Crippen molar-refractivity contribution in [1.82, 2.24) is 4.90 Å². The molecular weight excluding hydrogens is 244 g/mol. The summed E-state index contributed by atoms with van der Waals surface area (Å²) in [6.45, 7) is 5.33. The normalized spacial score (nSPS) is 15.1. The molecule has 2 aromatic rings. The first-order valence-corrected chi connectivity index (χ1v) is 7.42. The molecule has 0 bridgehead atoms. The van der Waals surface area contributed by atoms with Crippen LogP contribution in [0.3, 0.4) is 0 Å². The van der Waals surface area contributed by atoms with Gasteiger partial charge in [-0.2, -0.15) is 0 Å². The number of nitrogen functional groups attached to an aromatic ring is 1. The van der Waals surface area contributed by atoms with Gasteiger partial charge in [0.1, 0.15) is 0 Å². The Morgan fingerprint density at radius 1 is 1.05 bits per heavy atom. The molecule has 104 valence electrons. The Morgan fingerprint density at radius 2 is 1.80 bits per heavy atom. The van der Waals surface area contributed by atoms with E-state index in [1.54, 1.807) is 0 Å². The number of nitrogens with zero attached hydrogens (tertiary/aromatic N) is 1. The third-order valence-corrected chi connectivity index (χ3v) is 4.22. The van der Waals surface area contributed by atoms with Crippen LogP contribution in [0.2, 0.25) is 0 Å². The Kier molecular flexibility index (Phi) is 3.75. The zero-order valence-electron chi connectivity index (χ0n) is 12.1. The molecule has 0 spiro atoms. The average Bonchev–Trinajstić information content (AvgIpc) is 2.48. The molecule has 0 aromatic heterocycles. The van der Waals surface area contributed by atoms with Crippen molar-refractivity contribution in [3.05, 3.63) is 64.7 Å². The molecule has 2 aromatic carbocycles. The summed E-state index contributed by atoms with van der Waals surface area (Å²) in [4.78, 5) is 2.50. The molecule has 0 fully saturated rings. The number of aryl methyl sites for hydroxylation is 1. The maximum Gasteiger partial charge on any atom is 0.0350 e. The maximum absolute atomic E-state index is 6.05. The van der Waals surface area contributed by atoms with Crippen LogP contribution in [0.25, 0.3) is 0 Å². The van der Waals surface area contributed by atoms with Gasteiger partial charge in [-0.15, -0.1) is 0 Å². The first-order valence-electron chi connectivity index (χ1n) is 7.42. The number of benzene rings is 2. The minimum absolute atomic E-state index is 0.953. The third-order valence-electron chi connectivity index (χ3n) is 4.22. The summed E-state index contributed by atoms with van der Waals surface area (Å²) < 4.78 is 0. The molecule has 2 nitrogen and oxygen atoms in total. The molecular formula is C18H22N2. The van der Waals surface area contributed by atoms with Crippen LogP contribution < -0.4 is 5.73 Å². The van der Waals surface area contributed by atoms with Gasteiger partial charge in [0.25, 0.3) is 0 Å². The fourth-order valence-corrected chi connectivity index (χ4v) is 2.97. The standard InChI is InChI=1S/C18H22N2/c1-2-14-6-8-15(9-7-14)12-20-11-10-17-16(13-20)4-3-5-18(17)19/h3-9H,2,10-13,19H2,1H3. The van der Waals surface area contributed by atoms with E-state index in [1.165, 1.54) is 22.3 Å². The van der Waals surface area contributed by atoms with E-state index in [-0.39, 0.29) is 0 Å². The molecule has 0 amide bonds. The van der Waals surface area contributed by atoms with Crippen LogP contribution in [0.4, 0.5) is 5.69 Å². The largest absolute Gasteiger partial charge is 0.398 e. The molecule has 0 radical (unpaired) electrons. The Balaban J connectivity index is 1.70. The van der Waals surface area contributed by atoms with Crippen molar-refractivity contribution < 1.29 is 0 Å². The highest BCUT2D eigenvalue weighted by molar-refractivity contribution is 5.51. The minimum atomic E-state index is 0.953. The number of fused-ring (bicyclic) bond motifs is 1. The van der Waals surface area contributed by atoms with Gasteiger partial charge in [-0.25, -0.2) is 0 Å². The number of anilines is 1. The molecule has 1 heterocycles. The van der Waals surface area contributed by atoms with Crippen LogP contribution >= 0.6 is 0 Å². The van der Waals surface area contributed by atoms with Gasteiger partial charge in [0.2, 0.25) is 0 Å². The molecule has 1 aliphatic heterocycles. The van der Waals surface area contributed by atoms with Crippen molar-refractivity contribution in [1.29, 1.82) is 0 Å². The van der Waals surface area contributed by atoms with E-state index in [1.807, 2.05) is 6.07 Å². The molecule has 0 saturated heterocycles. The molecule has 20 heavy (non-hydrogen) atoms. The van der Waals surface area contributed by atoms with Gasteiger partial charge in [-0.3, -0.25) is 4.90 Å². The van der Waals surface area contributed by atoms with Crippen LogP contribution in [0.5, 0.6) is 0 Å². The van der Waals surface area contributed by atoms with Crippen molar-refractivity contribution in [3.8, 4) is 0 Å². The molecule has 0 unspecified atom stereocenters. The van der Waals surface area contributed by atoms with Crippen LogP contribution in [0.15, 0.2) is 42.5 Å². The van der Waals surface area contributed by atoms with E-state index in [0.29, 0.717) is 0 Å². The molecule has 2 heteroatoms. The Labute approximate surface area is 121 Å². The van der Waals surface area contributed by atoms with Gasteiger partial charge in [-0.05, 0) is 41.2 Å². The Hall–Kier alpha value is -1.80. The number of nitrogens with two attached hydrogens (primary N) is 1. The minimum Gasteiger partial charge on any atom is -0.398 e. The second-order valence-corrected chi connectivity index (χ2v) is 5.62. The highest BCUT2D eigenvalue weighted by Crippen LogP contribution is 2.25. The lowest BCUT2D eigenvalue weighted by molar-refractivity contribution is 0.246. The van der Waals surface area contributed by atoms with Gasteiger partial charge in [0, 0.05) is 25.3 Å². The van der Waals surface area contributed by atoms with Crippen molar-refractivity contribution >= 4 is 5.69 Å². The second-order valence-electron chi connectivity index (χ2n) is 5.62. The SMILES string of the molecule is CCc1ccc(CN2CCc3c(N)cccc3C2)cc1. The summed E-state index contributed by atoms with van der Waals surface area (Å²) in [6, 6.07) is 15.3. The third kappa shape index (κ3) is 2.70. The zero-order valence-corrected chi connectivity index (χ0v) is 12.1. The number of hydrogen-bond acceptors (Lipinski definition) is 2. The monoisotopic (exact) mass is 266 g/mol. The second kappa shape index (κ2) is 5.68. The van der Waals surface area contributed by atoms with E-state index in [4.69, 9.17) is 5.73 Å². The predicted octanol–water partition coefficient (Wildman–Crippen LogP) is 3.39. The smallest absolute Gasteiger partial charge is 0.0350 e. The predicted molar refractivity (Wildman–Crippen MR) is 84.5 cm³/mol. The van der Waals surface area contributed by atoms with Gasteiger partial charge in [0.05, 0.1) is 0 Å². The fraction of sp³-hybridized carbons (Fsp3) is 0.333. The lowest BCUT2D eigenvalue weighted by atomic mass is 9.97. The maximum atomic E-state index is 6.05. The molecule has 3 rings (SSSR count). The highest BCUT2D eigenvalue weighted by atomic mass is 15.1. The summed E-state index contributed by atoms with van der Waals surface area (Å²) in [5, 5.41) is 0. The molecule has 0 aliphatic carbocycles. The lowest BCUT2D eigenvalue weighted by Gasteiger charge is -2.29. The fourth-order valence-electron chi connectivity index (χ4n) is 2.97. The van der Waals surface area contributed by atoms with E-state index >= 15 is 0 Å². The summed E-state index contributed by atoms with van der Waals surface area (Å²) in [6.07, 6.45) is 2.17. The van der Waals surface area contributed by atoms with Crippen molar-refractivity contribution in [2.75, 3.05) is 12.3 Å². The topological polar surface area (TPSA) is 29.3 Å².